The molecule has 6 heteroatoms. The number of benzene rings is 2. The summed E-state index contributed by atoms with van der Waals surface area (Å²) >= 11 is 3.40. The third-order valence-corrected chi connectivity index (χ3v) is 7.17. The quantitative estimate of drug-likeness (QED) is 0.583. The van der Waals surface area contributed by atoms with E-state index in [4.69, 9.17) is 0 Å². The van der Waals surface area contributed by atoms with E-state index in [-0.39, 0.29) is 15.5 Å². The number of nitrogens with zero attached hydrogens (tertiary/aromatic N) is 1. The molecule has 0 saturated carbocycles. The van der Waals surface area contributed by atoms with Gasteiger partial charge in [-0.15, -0.1) is 0 Å². The lowest BCUT2D eigenvalue weighted by Gasteiger charge is -2.17. The predicted octanol–water partition coefficient (Wildman–Crippen LogP) is 4.28. The highest BCUT2D eigenvalue weighted by atomic mass is 79.9. The number of hydrogen-bond acceptors (Lipinski definition) is 3. The van der Waals surface area contributed by atoms with Crippen molar-refractivity contribution < 1.29 is 13.2 Å². The van der Waals surface area contributed by atoms with E-state index in [1.54, 1.807) is 30.3 Å². The SMILES string of the molecule is O=C1c2cn(S(=O)(=O)c3ccccc3)c(-c3ccccc3)c2CCC1Br. The Labute approximate surface area is 160 Å². The molecule has 0 bridgehead atoms. The van der Waals surface area contributed by atoms with Gasteiger partial charge >= 0.3 is 0 Å². The van der Waals surface area contributed by atoms with Gasteiger partial charge in [0.05, 0.1) is 15.4 Å². The van der Waals surface area contributed by atoms with Crippen LogP contribution in [0.1, 0.15) is 22.3 Å². The number of carbonyl (C=O) groups is 1. The van der Waals surface area contributed by atoms with Gasteiger partial charge in [-0.3, -0.25) is 4.79 Å². The first kappa shape index (κ1) is 17.2. The van der Waals surface area contributed by atoms with Crippen molar-refractivity contribution in [2.24, 2.45) is 0 Å². The number of fused-ring (bicyclic) bond motifs is 1. The molecule has 2 aromatic carbocycles. The molecule has 0 aliphatic heterocycles. The van der Waals surface area contributed by atoms with E-state index in [1.807, 2.05) is 30.3 Å². The highest BCUT2D eigenvalue weighted by molar-refractivity contribution is 9.10. The van der Waals surface area contributed by atoms with Crippen LogP contribution in [0.5, 0.6) is 0 Å². The monoisotopic (exact) mass is 429 g/mol. The third-order valence-electron chi connectivity index (χ3n) is 4.62. The van der Waals surface area contributed by atoms with Crippen LogP contribution >= 0.6 is 15.9 Å². The summed E-state index contributed by atoms with van der Waals surface area (Å²) in [5, 5.41) is 0. The fraction of sp³-hybridized carbons (Fsp3) is 0.150. The lowest BCUT2D eigenvalue weighted by Crippen LogP contribution is -2.21. The fourth-order valence-electron chi connectivity index (χ4n) is 3.35. The smallest absolute Gasteiger partial charge is 0.268 e. The Balaban J connectivity index is 2.01. The molecular formula is C20H16BrNO3S. The van der Waals surface area contributed by atoms with Crippen LogP contribution < -0.4 is 0 Å². The molecule has 1 heterocycles. The molecule has 26 heavy (non-hydrogen) atoms. The number of hydrogen-bond donors (Lipinski definition) is 0. The van der Waals surface area contributed by atoms with Crippen LogP contribution in [-0.4, -0.2) is 23.0 Å². The first-order chi connectivity index (χ1) is 12.5. The molecule has 1 atom stereocenters. The van der Waals surface area contributed by atoms with Crippen molar-refractivity contribution in [2.45, 2.75) is 22.6 Å². The Kier molecular flexibility index (Phi) is 4.32. The van der Waals surface area contributed by atoms with E-state index in [1.165, 1.54) is 10.2 Å². The van der Waals surface area contributed by atoms with Crippen molar-refractivity contribution in [3.63, 3.8) is 0 Å². The highest BCUT2D eigenvalue weighted by Gasteiger charge is 2.33. The zero-order chi connectivity index (χ0) is 18.3. The van der Waals surface area contributed by atoms with Gasteiger partial charge in [0, 0.05) is 11.8 Å². The second kappa shape index (κ2) is 6.52. The van der Waals surface area contributed by atoms with Gasteiger partial charge in [-0.2, -0.15) is 0 Å². The molecule has 1 aromatic heterocycles. The predicted molar refractivity (Wildman–Crippen MR) is 104 cm³/mol. The summed E-state index contributed by atoms with van der Waals surface area (Å²) in [7, 11) is -3.80. The van der Waals surface area contributed by atoms with E-state index < -0.39 is 10.0 Å². The van der Waals surface area contributed by atoms with Gasteiger partial charge < -0.3 is 0 Å². The largest absolute Gasteiger partial charge is 0.293 e. The van der Waals surface area contributed by atoms with E-state index >= 15 is 0 Å². The van der Waals surface area contributed by atoms with Crippen LogP contribution in [-0.2, 0) is 16.4 Å². The van der Waals surface area contributed by atoms with E-state index in [0.717, 1.165) is 11.1 Å². The Morgan fingerprint density at radius 3 is 2.23 bits per heavy atom. The maximum absolute atomic E-state index is 13.3. The molecule has 0 spiro atoms. The summed E-state index contributed by atoms with van der Waals surface area (Å²) in [4.78, 5) is 12.6. The number of Topliss-reactive ketones (excluding diaryl/α,β-unsaturated/α-hetero) is 1. The average molecular weight is 430 g/mol. The van der Waals surface area contributed by atoms with Gasteiger partial charge in [0.1, 0.15) is 0 Å². The van der Waals surface area contributed by atoms with Crippen molar-refractivity contribution in [3.05, 3.63) is 78.0 Å². The Hall–Kier alpha value is -2.18. The van der Waals surface area contributed by atoms with E-state index in [2.05, 4.69) is 15.9 Å². The van der Waals surface area contributed by atoms with Gasteiger partial charge in [-0.1, -0.05) is 64.5 Å². The molecule has 0 N–H and O–H groups in total. The molecule has 1 aliphatic rings. The van der Waals surface area contributed by atoms with Crippen LogP contribution in [0.2, 0.25) is 0 Å². The summed E-state index contributed by atoms with van der Waals surface area (Å²) in [6, 6.07) is 17.7. The summed E-state index contributed by atoms with van der Waals surface area (Å²) in [6.45, 7) is 0. The van der Waals surface area contributed by atoms with Gasteiger partial charge in [0.25, 0.3) is 10.0 Å². The number of carbonyl (C=O) groups excluding carboxylic acids is 1. The Morgan fingerprint density at radius 2 is 1.58 bits per heavy atom. The second-order valence-corrected chi connectivity index (χ2v) is 9.14. The van der Waals surface area contributed by atoms with Crippen LogP contribution in [0, 0.1) is 0 Å². The minimum atomic E-state index is -3.80. The van der Waals surface area contributed by atoms with Gasteiger partial charge in [-0.05, 0) is 36.1 Å². The normalized spacial score (nSPS) is 17.1. The lowest BCUT2D eigenvalue weighted by atomic mass is 9.91. The lowest BCUT2D eigenvalue weighted by molar-refractivity contribution is 0.0982. The molecule has 3 aromatic rings. The maximum atomic E-state index is 13.3. The number of alkyl halides is 1. The summed E-state index contributed by atoms with van der Waals surface area (Å²) < 4.78 is 27.8. The molecule has 0 saturated heterocycles. The Morgan fingerprint density at radius 1 is 0.962 bits per heavy atom. The molecule has 4 nitrogen and oxygen atoms in total. The molecule has 1 unspecified atom stereocenters. The summed E-state index contributed by atoms with van der Waals surface area (Å²) in [5.74, 6) is -0.0644. The van der Waals surface area contributed by atoms with Crippen molar-refractivity contribution in [3.8, 4) is 11.3 Å². The molecule has 1 aliphatic carbocycles. The zero-order valence-corrected chi connectivity index (χ0v) is 16.2. The highest BCUT2D eigenvalue weighted by Crippen LogP contribution is 2.37. The zero-order valence-electron chi connectivity index (χ0n) is 13.8. The molecule has 4 rings (SSSR count). The van der Waals surface area contributed by atoms with Gasteiger partial charge in [-0.25, -0.2) is 12.4 Å². The first-order valence-electron chi connectivity index (χ1n) is 8.28. The Bertz CT molecular complexity index is 1070. The van der Waals surface area contributed by atoms with Crippen LogP contribution in [0.25, 0.3) is 11.3 Å². The minimum absolute atomic E-state index is 0.0644. The second-order valence-electron chi connectivity index (χ2n) is 6.22. The summed E-state index contributed by atoms with van der Waals surface area (Å²) in [5.41, 5.74) is 2.65. The molecule has 0 amide bonds. The maximum Gasteiger partial charge on any atom is 0.268 e. The van der Waals surface area contributed by atoms with E-state index in [9.17, 15) is 13.2 Å². The third kappa shape index (κ3) is 2.73. The van der Waals surface area contributed by atoms with Crippen molar-refractivity contribution in [1.29, 1.82) is 0 Å². The van der Waals surface area contributed by atoms with Crippen LogP contribution in [0.4, 0.5) is 0 Å². The standard InChI is InChI=1S/C20H16BrNO3S/c21-18-12-11-16-17(20(18)23)13-22(19(16)14-7-3-1-4-8-14)26(24,25)15-9-5-2-6-10-15/h1-10,13,18H,11-12H2. The summed E-state index contributed by atoms with van der Waals surface area (Å²) in [6.07, 6.45) is 2.79. The van der Waals surface area contributed by atoms with Crippen molar-refractivity contribution >= 4 is 31.7 Å². The van der Waals surface area contributed by atoms with Crippen molar-refractivity contribution in [1.82, 2.24) is 3.97 Å². The molecule has 132 valence electrons. The van der Waals surface area contributed by atoms with E-state index in [0.29, 0.717) is 24.1 Å². The average Bonchev–Trinajstić information content (AvgIpc) is 3.07. The topological polar surface area (TPSA) is 56.1 Å². The minimum Gasteiger partial charge on any atom is -0.293 e. The number of rotatable bonds is 3. The number of halogens is 1. The first-order valence-corrected chi connectivity index (χ1v) is 10.6. The van der Waals surface area contributed by atoms with Crippen molar-refractivity contribution in [2.75, 3.05) is 0 Å². The van der Waals surface area contributed by atoms with Crippen LogP contribution in [0.3, 0.4) is 0 Å². The number of aromatic nitrogens is 1. The van der Waals surface area contributed by atoms with Crippen LogP contribution in [0.15, 0.2) is 71.8 Å². The molecule has 0 radical (unpaired) electrons. The van der Waals surface area contributed by atoms with Gasteiger partial charge in [0.2, 0.25) is 0 Å². The molecule has 0 fully saturated rings. The fourth-order valence-corrected chi connectivity index (χ4v) is 5.25. The van der Waals surface area contributed by atoms with Gasteiger partial charge in [0.15, 0.2) is 5.78 Å². The number of ketones is 1. The molecular weight excluding hydrogens is 414 g/mol.